The number of hydrogen-bond acceptors (Lipinski definition) is 6. The number of aryl methyl sites for hydroxylation is 1. The van der Waals surface area contributed by atoms with E-state index >= 15 is 0 Å². The van der Waals surface area contributed by atoms with E-state index in [2.05, 4.69) is 15.8 Å². The molecule has 24 heavy (non-hydrogen) atoms. The predicted molar refractivity (Wildman–Crippen MR) is 87.9 cm³/mol. The van der Waals surface area contributed by atoms with E-state index in [4.69, 9.17) is 0 Å². The van der Waals surface area contributed by atoms with Gasteiger partial charge in [0.2, 0.25) is 0 Å². The molecule has 0 aliphatic heterocycles. The third-order valence-electron chi connectivity index (χ3n) is 3.06. The summed E-state index contributed by atoms with van der Waals surface area (Å²) in [6.07, 6.45) is 1.07. The van der Waals surface area contributed by atoms with Crippen LogP contribution in [0.1, 0.15) is 11.1 Å². The summed E-state index contributed by atoms with van der Waals surface area (Å²) in [4.78, 5) is 21.9. The molecule has 0 heterocycles. The summed E-state index contributed by atoms with van der Waals surface area (Å²) in [7, 11) is 0. The maximum absolute atomic E-state index is 11.7. The minimum Gasteiger partial charge on any atom is -0.872 e. The highest BCUT2D eigenvalue weighted by Crippen LogP contribution is 2.19. The van der Waals surface area contributed by atoms with Crippen LogP contribution in [-0.4, -0.2) is 23.6 Å². The summed E-state index contributed by atoms with van der Waals surface area (Å²) < 4.78 is 0. The monoisotopic (exact) mass is 327 g/mol. The summed E-state index contributed by atoms with van der Waals surface area (Å²) in [6.45, 7) is 1.93. The maximum Gasteiger partial charge on any atom is 0.278 e. The molecule has 0 saturated heterocycles. The van der Waals surface area contributed by atoms with Crippen LogP contribution in [0.25, 0.3) is 0 Å². The van der Waals surface area contributed by atoms with Crippen LogP contribution in [0.4, 0.5) is 11.4 Å². The number of carbonyl (C=O) groups is 1. The third-order valence-corrected chi connectivity index (χ3v) is 3.06. The Hall–Kier alpha value is -3.42. The van der Waals surface area contributed by atoms with Crippen molar-refractivity contribution in [2.45, 2.75) is 6.92 Å². The van der Waals surface area contributed by atoms with E-state index in [9.17, 15) is 20.0 Å². The van der Waals surface area contributed by atoms with Crippen molar-refractivity contribution >= 4 is 23.5 Å². The molecule has 2 aromatic carbocycles. The van der Waals surface area contributed by atoms with Crippen LogP contribution >= 0.6 is 0 Å². The molecule has 0 spiro atoms. The summed E-state index contributed by atoms with van der Waals surface area (Å²) in [6, 6.07) is 10.8. The quantitative estimate of drug-likeness (QED) is 0.474. The standard InChI is InChI=1S/C16H16N4O4/c1-11-3-2-4-13(7-11)17-10-16(22)19-18-9-12-8-14(21)5-6-15(12)20(23)24/h2-9,17,21H,10H2,1H3,(H,19,22)/p-1. The fourth-order valence-electron chi connectivity index (χ4n) is 1.95. The molecule has 8 nitrogen and oxygen atoms in total. The van der Waals surface area contributed by atoms with Gasteiger partial charge in [-0.1, -0.05) is 24.3 Å². The van der Waals surface area contributed by atoms with E-state index in [1.54, 1.807) is 0 Å². The van der Waals surface area contributed by atoms with Gasteiger partial charge in [-0.05, 0) is 24.6 Å². The zero-order valence-electron chi connectivity index (χ0n) is 12.9. The van der Waals surface area contributed by atoms with E-state index in [1.807, 2.05) is 31.2 Å². The number of rotatable bonds is 6. The number of amides is 1. The maximum atomic E-state index is 11.7. The number of nitro benzene ring substituents is 1. The highest BCUT2D eigenvalue weighted by Gasteiger charge is 2.10. The minimum atomic E-state index is -0.623. The summed E-state index contributed by atoms with van der Waals surface area (Å²) >= 11 is 0. The van der Waals surface area contributed by atoms with Crippen molar-refractivity contribution in [1.29, 1.82) is 0 Å². The summed E-state index contributed by atoms with van der Waals surface area (Å²) in [5.41, 5.74) is 3.87. The Balaban J connectivity index is 1.93. The van der Waals surface area contributed by atoms with Gasteiger partial charge < -0.3 is 10.4 Å². The first-order valence-electron chi connectivity index (χ1n) is 7.03. The highest BCUT2D eigenvalue weighted by molar-refractivity contribution is 5.87. The van der Waals surface area contributed by atoms with Gasteiger partial charge in [0.15, 0.2) is 0 Å². The molecule has 124 valence electrons. The number of carbonyl (C=O) groups excluding carboxylic acids is 1. The molecule has 2 N–H and O–H groups in total. The Bertz CT molecular complexity index is 789. The minimum absolute atomic E-state index is 0.00944. The Kier molecular flexibility index (Phi) is 5.45. The van der Waals surface area contributed by atoms with Gasteiger partial charge >= 0.3 is 0 Å². The number of hydrogen-bond donors (Lipinski definition) is 2. The molecule has 1 amide bonds. The lowest BCUT2D eigenvalue weighted by Gasteiger charge is -2.07. The second-order valence-electron chi connectivity index (χ2n) is 4.99. The number of benzene rings is 2. The lowest BCUT2D eigenvalue weighted by Crippen LogP contribution is -2.25. The van der Waals surface area contributed by atoms with Crippen molar-refractivity contribution in [2.24, 2.45) is 5.10 Å². The first kappa shape index (κ1) is 16.9. The smallest absolute Gasteiger partial charge is 0.278 e. The highest BCUT2D eigenvalue weighted by atomic mass is 16.6. The van der Waals surface area contributed by atoms with Crippen LogP contribution < -0.4 is 15.8 Å². The first-order chi connectivity index (χ1) is 11.5. The summed E-state index contributed by atoms with van der Waals surface area (Å²) in [5, 5.41) is 28.7. The van der Waals surface area contributed by atoms with E-state index in [-0.39, 0.29) is 23.5 Å². The molecule has 0 unspecified atom stereocenters. The molecule has 0 aliphatic rings. The zero-order valence-corrected chi connectivity index (χ0v) is 12.9. The predicted octanol–water partition coefficient (Wildman–Crippen LogP) is 1.54. The van der Waals surface area contributed by atoms with E-state index in [0.717, 1.165) is 35.7 Å². The molecule has 0 aromatic heterocycles. The van der Waals surface area contributed by atoms with Crippen LogP contribution in [0.5, 0.6) is 5.75 Å². The van der Waals surface area contributed by atoms with Crippen molar-refractivity contribution in [1.82, 2.24) is 5.43 Å². The number of nitrogens with one attached hydrogen (secondary N) is 2. The molecular formula is C16H15N4O4-. The Labute approximate surface area is 138 Å². The lowest BCUT2D eigenvalue weighted by atomic mass is 10.2. The Morgan fingerprint density at radius 3 is 2.79 bits per heavy atom. The van der Waals surface area contributed by atoms with Crippen LogP contribution in [0.2, 0.25) is 0 Å². The number of nitro groups is 1. The third kappa shape index (κ3) is 4.80. The van der Waals surface area contributed by atoms with Gasteiger partial charge in [-0.25, -0.2) is 5.43 Å². The summed E-state index contributed by atoms with van der Waals surface area (Å²) in [5.74, 6) is -0.803. The average Bonchev–Trinajstić information content (AvgIpc) is 2.53. The van der Waals surface area contributed by atoms with Crippen molar-refractivity contribution in [3.63, 3.8) is 0 Å². The van der Waals surface area contributed by atoms with Crippen molar-refractivity contribution in [3.05, 3.63) is 63.7 Å². The average molecular weight is 327 g/mol. The number of anilines is 1. The molecule has 8 heteroatoms. The second-order valence-corrected chi connectivity index (χ2v) is 4.99. The van der Waals surface area contributed by atoms with Crippen molar-refractivity contribution in [2.75, 3.05) is 11.9 Å². The number of hydrazone groups is 1. The normalized spacial score (nSPS) is 10.5. The SMILES string of the molecule is Cc1cccc(NCC(=O)NN=Cc2cc([O-])ccc2[N+](=O)[O-])c1. The van der Waals surface area contributed by atoms with Gasteiger partial charge in [0, 0.05) is 11.8 Å². The van der Waals surface area contributed by atoms with Gasteiger partial charge in [-0.3, -0.25) is 14.9 Å². The molecule has 0 aliphatic carbocycles. The van der Waals surface area contributed by atoms with E-state index in [0.29, 0.717) is 0 Å². The largest absolute Gasteiger partial charge is 0.872 e. The molecule has 0 radical (unpaired) electrons. The van der Waals surface area contributed by atoms with E-state index < -0.39 is 10.8 Å². The van der Waals surface area contributed by atoms with Gasteiger partial charge in [0.05, 0.1) is 23.2 Å². The van der Waals surface area contributed by atoms with Gasteiger partial charge in [-0.15, -0.1) is 5.75 Å². The van der Waals surface area contributed by atoms with Crippen LogP contribution in [0.15, 0.2) is 47.6 Å². The molecular weight excluding hydrogens is 312 g/mol. The lowest BCUT2D eigenvalue weighted by molar-refractivity contribution is -0.385. The van der Waals surface area contributed by atoms with Gasteiger partial charge in [0.1, 0.15) is 0 Å². The van der Waals surface area contributed by atoms with Crippen LogP contribution in [0.3, 0.4) is 0 Å². The molecule has 2 rings (SSSR count). The first-order valence-corrected chi connectivity index (χ1v) is 7.03. The fraction of sp³-hybridized carbons (Fsp3) is 0.125. The Morgan fingerprint density at radius 1 is 1.29 bits per heavy atom. The van der Waals surface area contributed by atoms with Crippen LogP contribution in [0, 0.1) is 17.0 Å². The molecule has 0 fully saturated rings. The van der Waals surface area contributed by atoms with Crippen LogP contribution in [-0.2, 0) is 4.79 Å². The molecule has 0 bridgehead atoms. The number of nitrogens with zero attached hydrogens (tertiary/aromatic N) is 2. The van der Waals surface area contributed by atoms with Gasteiger partial charge in [-0.2, -0.15) is 5.10 Å². The van der Waals surface area contributed by atoms with Crippen molar-refractivity contribution < 1.29 is 14.8 Å². The fourth-order valence-corrected chi connectivity index (χ4v) is 1.95. The molecule has 2 aromatic rings. The topological polar surface area (TPSA) is 120 Å². The van der Waals surface area contributed by atoms with Crippen molar-refractivity contribution in [3.8, 4) is 5.75 Å². The Morgan fingerprint density at radius 2 is 2.08 bits per heavy atom. The van der Waals surface area contributed by atoms with Gasteiger partial charge in [0.25, 0.3) is 11.6 Å². The van der Waals surface area contributed by atoms with E-state index in [1.165, 1.54) is 0 Å². The molecule has 0 atom stereocenters. The zero-order chi connectivity index (χ0) is 17.5. The second kappa shape index (κ2) is 7.73. The molecule has 0 saturated carbocycles.